The normalized spacial score (nSPS) is 12.0. The average molecular weight is 285 g/mol. The molecule has 0 aliphatic heterocycles. The highest BCUT2D eigenvalue weighted by Gasteiger charge is 2.07. The van der Waals surface area contributed by atoms with Crippen molar-refractivity contribution in [2.24, 2.45) is 0 Å². The average Bonchev–Trinajstić information content (AvgIpc) is 2.43. The molecule has 2 aromatic rings. The van der Waals surface area contributed by atoms with Crippen LogP contribution in [0.15, 0.2) is 36.4 Å². The third kappa shape index (κ3) is 4.83. The van der Waals surface area contributed by atoms with Crippen molar-refractivity contribution in [3.63, 3.8) is 0 Å². The van der Waals surface area contributed by atoms with Gasteiger partial charge in [-0.1, -0.05) is 36.4 Å². The van der Waals surface area contributed by atoms with E-state index >= 15 is 0 Å². The van der Waals surface area contributed by atoms with Gasteiger partial charge in [0, 0.05) is 12.1 Å². The molecule has 0 aliphatic carbocycles. The third-order valence-corrected chi connectivity index (χ3v) is 3.67. The summed E-state index contributed by atoms with van der Waals surface area (Å²) in [6.07, 6.45) is 0.975. The molecular weight excluding hydrogens is 258 g/mol. The van der Waals surface area contributed by atoms with Crippen molar-refractivity contribution in [2.75, 3.05) is 19.8 Å². The van der Waals surface area contributed by atoms with Gasteiger partial charge in [0.2, 0.25) is 0 Å². The molecule has 0 saturated carbocycles. The number of hydrogen-bond acceptors (Lipinski definition) is 2. The van der Waals surface area contributed by atoms with Gasteiger partial charge in [-0.05, 0) is 56.0 Å². The number of benzene rings is 2. The van der Waals surface area contributed by atoms with E-state index in [-0.39, 0.29) is 5.54 Å². The number of nitrogens with one attached hydrogen (secondary N) is 1. The van der Waals surface area contributed by atoms with Crippen LogP contribution >= 0.6 is 0 Å². The Kier molecular flexibility index (Phi) is 5.38. The van der Waals surface area contributed by atoms with Crippen LogP contribution in [-0.2, 0) is 11.2 Å². The summed E-state index contributed by atoms with van der Waals surface area (Å²) in [5, 5.41) is 6.10. The van der Waals surface area contributed by atoms with E-state index in [1.807, 2.05) is 0 Å². The molecule has 2 nitrogen and oxygen atoms in total. The number of ether oxygens (including phenoxy) is 1. The third-order valence-electron chi connectivity index (χ3n) is 3.67. The minimum atomic E-state index is 0.162. The lowest BCUT2D eigenvalue weighted by Gasteiger charge is -2.20. The van der Waals surface area contributed by atoms with Crippen LogP contribution in [0.25, 0.3) is 10.8 Å². The summed E-state index contributed by atoms with van der Waals surface area (Å²) in [7, 11) is 0. The molecule has 0 spiro atoms. The molecule has 0 bridgehead atoms. The van der Waals surface area contributed by atoms with Crippen molar-refractivity contribution < 1.29 is 4.74 Å². The molecule has 0 atom stereocenters. The van der Waals surface area contributed by atoms with Crippen LogP contribution < -0.4 is 5.32 Å². The molecule has 0 radical (unpaired) electrons. The second-order valence-corrected chi connectivity index (χ2v) is 6.62. The highest BCUT2D eigenvalue weighted by molar-refractivity contribution is 5.86. The molecule has 0 heterocycles. The first-order valence-electron chi connectivity index (χ1n) is 7.77. The molecule has 2 rings (SSSR count). The van der Waals surface area contributed by atoms with E-state index in [0.29, 0.717) is 0 Å². The van der Waals surface area contributed by atoms with Gasteiger partial charge < -0.3 is 10.1 Å². The lowest BCUT2D eigenvalue weighted by Crippen LogP contribution is -2.38. The summed E-state index contributed by atoms with van der Waals surface area (Å²) in [5.41, 5.74) is 2.93. The van der Waals surface area contributed by atoms with Gasteiger partial charge in [0.1, 0.15) is 0 Å². The van der Waals surface area contributed by atoms with Crippen LogP contribution in [0, 0.1) is 6.92 Å². The Labute approximate surface area is 128 Å². The van der Waals surface area contributed by atoms with Gasteiger partial charge in [0.15, 0.2) is 0 Å². The number of fused-ring (bicyclic) bond motifs is 1. The Hall–Kier alpha value is -1.38. The number of aryl methyl sites for hydroxylation is 1. The van der Waals surface area contributed by atoms with Gasteiger partial charge in [-0.25, -0.2) is 0 Å². The predicted octanol–water partition coefficient (Wildman–Crippen LogP) is 4.10. The van der Waals surface area contributed by atoms with E-state index in [4.69, 9.17) is 4.74 Å². The summed E-state index contributed by atoms with van der Waals surface area (Å²) >= 11 is 0. The maximum atomic E-state index is 5.77. The second-order valence-electron chi connectivity index (χ2n) is 6.62. The zero-order valence-electron chi connectivity index (χ0n) is 13.7. The number of rotatable bonds is 6. The van der Waals surface area contributed by atoms with Crippen LogP contribution in [-0.4, -0.2) is 25.3 Å². The van der Waals surface area contributed by atoms with Gasteiger partial charge in [-0.3, -0.25) is 0 Å². The summed E-state index contributed by atoms with van der Waals surface area (Å²) in [5.74, 6) is 0. The predicted molar refractivity (Wildman–Crippen MR) is 91.0 cm³/mol. The molecule has 0 fully saturated rings. The first kappa shape index (κ1) is 16.0. The van der Waals surface area contributed by atoms with E-state index in [0.717, 1.165) is 26.2 Å². The standard InChI is InChI=1S/C19H27NO/c1-15-9-10-16-7-5-6-8-18(16)17(15)11-13-21-14-12-20-19(2,3)4/h5-10,20H,11-14H2,1-4H3. The Morgan fingerprint density at radius 3 is 2.52 bits per heavy atom. The smallest absolute Gasteiger partial charge is 0.0591 e. The molecular formula is C19H27NO. The van der Waals surface area contributed by atoms with Crippen LogP contribution in [0.4, 0.5) is 0 Å². The summed E-state index contributed by atoms with van der Waals surface area (Å²) in [6.45, 7) is 11.1. The Balaban J connectivity index is 1.88. The molecule has 2 aromatic carbocycles. The maximum Gasteiger partial charge on any atom is 0.0591 e. The lowest BCUT2D eigenvalue weighted by atomic mass is 9.98. The van der Waals surface area contributed by atoms with Crippen LogP contribution in [0.3, 0.4) is 0 Å². The van der Waals surface area contributed by atoms with Crippen molar-refractivity contribution in [1.29, 1.82) is 0 Å². The molecule has 21 heavy (non-hydrogen) atoms. The van der Waals surface area contributed by atoms with Crippen LogP contribution in [0.2, 0.25) is 0 Å². The minimum absolute atomic E-state index is 0.162. The van der Waals surface area contributed by atoms with Crippen molar-refractivity contribution in [3.05, 3.63) is 47.5 Å². The fourth-order valence-electron chi connectivity index (χ4n) is 2.55. The van der Waals surface area contributed by atoms with Gasteiger partial charge in [0.05, 0.1) is 13.2 Å². The Morgan fingerprint density at radius 2 is 1.76 bits per heavy atom. The Bertz CT molecular complexity index is 584. The fourth-order valence-corrected chi connectivity index (χ4v) is 2.55. The lowest BCUT2D eigenvalue weighted by molar-refractivity contribution is 0.134. The first-order chi connectivity index (χ1) is 9.97. The van der Waals surface area contributed by atoms with Crippen LogP contribution in [0.1, 0.15) is 31.9 Å². The molecule has 0 aliphatic rings. The van der Waals surface area contributed by atoms with Crippen molar-refractivity contribution in [2.45, 2.75) is 39.7 Å². The van der Waals surface area contributed by atoms with Gasteiger partial charge in [0.25, 0.3) is 0 Å². The largest absolute Gasteiger partial charge is 0.380 e. The zero-order valence-corrected chi connectivity index (χ0v) is 13.7. The quantitative estimate of drug-likeness (QED) is 0.807. The molecule has 0 saturated heterocycles. The Morgan fingerprint density at radius 1 is 1.00 bits per heavy atom. The van der Waals surface area contributed by atoms with E-state index < -0.39 is 0 Å². The fraction of sp³-hybridized carbons (Fsp3) is 0.474. The van der Waals surface area contributed by atoms with Gasteiger partial charge in [-0.2, -0.15) is 0 Å². The monoisotopic (exact) mass is 285 g/mol. The van der Waals surface area contributed by atoms with Crippen molar-refractivity contribution in [3.8, 4) is 0 Å². The topological polar surface area (TPSA) is 21.3 Å². The van der Waals surface area contributed by atoms with Crippen LogP contribution in [0.5, 0.6) is 0 Å². The zero-order chi connectivity index (χ0) is 15.3. The van der Waals surface area contributed by atoms with E-state index in [9.17, 15) is 0 Å². The molecule has 2 heteroatoms. The SMILES string of the molecule is Cc1ccc2ccccc2c1CCOCCNC(C)(C)C. The first-order valence-corrected chi connectivity index (χ1v) is 7.77. The van der Waals surface area contributed by atoms with Gasteiger partial charge in [-0.15, -0.1) is 0 Å². The summed E-state index contributed by atoms with van der Waals surface area (Å²) in [4.78, 5) is 0. The highest BCUT2D eigenvalue weighted by Crippen LogP contribution is 2.22. The van der Waals surface area contributed by atoms with Crippen molar-refractivity contribution >= 4 is 10.8 Å². The molecule has 114 valence electrons. The second kappa shape index (κ2) is 7.06. The summed E-state index contributed by atoms with van der Waals surface area (Å²) < 4.78 is 5.77. The van der Waals surface area contributed by atoms with E-state index in [1.165, 1.54) is 21.9 Å². The van der Waals surface area contributed by atoms with E-state index in [1.54, 1.807) is 0 Å². The minimum Gasteiger partial charge on any atom is -0.380 e. The molecule has 1 N–H and O–H groups in total. The highest BCUT2D eigenvalue weighted by atomic mass is 16.5. The summed E-state index contributed by atoms with van der Waals surface area (Å²) in [6, 6.07) is 13.0. The maximum absolute atomic E-state index is 5.77. The van der Waals surface area contributed by atoms with Crippen molar-refractivity contribution in [1.82, 2.24) is 5.32 Å². The number of hydrogen-bond donors (Lipinski definition) is 1. The molecule has 0 amide bonds. The van der Waals surface area contributed by atoms with E-state index in [2.05, 4.69) is 69.4 Å². The molecule has 0 unspecified atom stereocenters. The molecule has 0 aromatic heterocycles. The van der Waals surface area contributed by atoms with Gasteiger partial charge >= 0.3 is 0 Å².